The lowest BCUT2D eigenvalue weighted by atomic mass is 9.90. The van der Waals surface area contributed by atoms with Crippen LogP contribution in [0.5, 0.6) is 17.2 Å². The van der Waals surface area contributed by atoms with Crippen molar-refractivity contribution in [2.24, 2.45) is 11.8 Å². The molecule has 0 spiro atoms. The second-order valence-corrected chi connectivity index (χ2v) is 4.87. The molecule has 0 amide bonds. The average molecular weight is 252 g/mol. The van der Waals surface area contributed by atoms with Crippen LogP contribution in [-0.2, 0) is 6.42 Å². The van der Waals surface area contributed by atoms with Crippen LogP contribution in [0.15, 0.2) is 12.1 Å². The first-order valence-corrected chi connectivity index (χ1v) is 6.23. The zero-order chi connectivity index (χ0) is 13.1. The van der Waals surface area contributed by atoms with E-state index in [9.17, 15) is 0 Å². The van der Waals surface area contributed by atoms with Gasteiger partial charge in [-0.1, -0.05) is 13.8 Å². The maximum atomic E-state index is 9.17. The van der Waals surface area contributed by atoms with Gasteiger partial charge in [-0.25, -0.2) is 0 Å². The Hall–Kier alpha value is -1.42. The average Bonchev–Trinajstić information content (AvgIpc) is 2.84. The fourth-order valence-electron chi connectivity index (χ4n) is 2.05. The predicted molar refractivity (Wildman–Crippen MR) is 68.2 cm³/mol. The number of hydrogen-bond acceptors (Lipinski definition) is 4. The molecule has 2 atom stereocenters. The zero-order valence-electron chi connectivity index (χ0n) is 11.1. The molecule has 0 saturated carbocycles. The van der Waals surface area contributed by atoms with Crippen molar-refractivity contribution in [3.05, 3.63) is 17.7 Å². The topological polar surface area (TPSA) is 47.9 Å². The minimum absolute atomic E-state index is 0.211. The molecule has 1 heterocycles. The van der Waals surface area contributed by atoms with Gasteiger partial charge in [0.05, 0.1) is 7.11 Å². The molecular weight excluding hydrogens is 232 g/mol. The second kappa shape index (κ2) is 5.48. The number of benzene rings is 1. The van der Waals surface area contributed by atoms with Crippen molar-refractivity contribution in [3.63, 3.8) is 0 Å². The van der Waals surface area contributed by atoms with Gasteiger partial charge >= 0.3 is 0 Å². The first kappa shape index (κ1) is 13.0. The molecule has 1 aliphatic heterocycles. The van der Waals surface area contributed by atoms with Gasteiger partial charge in [0, 0.05) is 6.61 Å². The van der Waals surface area contributed by atoms with Gasteiger partial charge in [0.2, 0.25) is 12.5 Å². The Bertz CT molecular complexity index is 417. The highest BCUT2D eigenvalue weighted by molar-refractivity contribution is 5.55. The Kier molecular flexibility index (Phi) is 3.97. The number of fused-ring (bicyclic) bond motifs is 1. The van der Waals surface area contributed by atoms with Gasteiger partial charge in [0.15, 0.2) is 11.5 Å². The molecule has 0 saturated heterocycles. The molecule has 4 nitrogen and oxygen atoms in total. The van der Waals surface area contributed by atoms with E-state index in [4.69, 9.17) is 19.3 Å². The van der Waals surface area contributed by atoms with E-state index in [2.05, 4.69) is 13.8 Å². The molecule has 1 aliphatic rings. The van der Waals surface area contributed by atoms with Crippen LogP contribution in [0.4, 0.5) is 0 Å². The Labute approximate surface area is 107 Å². The molecule has 100 valence electrons. The minimum atomic E-state index is 0.211. The van der Waals surface area contributed by atoms with Gasteiger partial charge < -0.3 is 19.3 Å². The Morgan fingerprint density at radius 2 is 2.06 bits per heavy atom. The third kappa shape index (κ3) is 2.53. The van der Waals surface area contributed by atoms with E-state index >= 15 is 0 Å². The van der Waals surface area contributed by atoms with Crippen LogP contribution in [-0.4, -0.2) is 25.6 Å². The summed E-state index contributed by atoms with van der Waals surface area (Å²) in [6.07, 6.45) is 0.884. The highest BCUT2D eigenvalue weighted by Crippen LogP contribution is 2.42. The van der Waals surface area contributed by atoms with Crippen molar-refractivity contribution in [1.29, 1.82) is 0 Å². The van der Waals surface area contributed by atoms with E-state index in [0.29, 0.717) is 17.4 Å². The van der Waals surface area contributed by atoms with Crippen molar-refractivity contribution in [1.82, 2.24) is 0 Å². The number of aliphatic hydroxyl groups is 1. The van der Waals surface area contributed by atoms with E-state index in [-0.39, 0.29) is 19.3 Å². The maximum Gasteiger partial charge on any atom is 0.231 e. The maximum absolute atomic E-state index is 9.17. The van der Waals surface area contributed by atoms with Gasteiger partial charge in [-0.3, -0.25) is 0 Å². The first-order chi connectivity index (χ1) is 8.65. The lowest BCUT2D eigenvalue weighted by Gasteiger charge is -2.18. The Balaban J connectivity index is 2.19. The number of aliphatic hydroxyl groups excluding tert-OH is 1. The van der Waals surface area contributed by atoms with Crippen molar-refractivity contribution >= 4 is 0 Å². The van der Waals surface area contributed by atoms with E-state index in [0.717, 1.165) is 17.7 Å². The molecule has 1 N–H and O–H groups in total. The van der Waals surface area contributed by atoms with Gasteiger partial charge in [0.1, 0.15) is 0 Å². The summed E-state index contributed by atoms with van der Waals surface area (Å²) in [4.78, 5) is 0. The van der Waals surface area contributed by atoms with Crippen molar-refractivity contribution < 1.29 is 19.3 Å². The first-order valence-electron chi connectivity index (χ1n) is 6.23. The number of methoxy groups -OCH3 is 1. The summed E-state index contributed by atoms with van der Waals surface area (Å²) < 4.78 is 16.1. The Morgan fingerprint density at radius 3 is 2.72 bits per heavy atom. The van der Waals surface area contributed by atoms with Crippen LogP contribution in [0.2, 0.25) is 0 Å². The van der Waals surface area contributed by atoms with Gasteiger partial charge in [-0.2, -0.15) is 0 Å². The van der Waals surface area contributed by atoms with Crippen LogP contribution in [0.3, 0.4) is 0 Å². The van der Waals surface area contributed by atoms with Crippen LogP contribution < -0.4 is 14.2 Å². The number of hydrogen-bond donors (Lipinski definition) is 1. The molecule has 1 aromatic carbocycles. The van der Waals surface area contributed by atoms with Crippen LogP contribution in [0, 0.1) is 11.8 Å². The summed E-state index contributed by atoms with van der Waals surface area (Å²) in [5.41, 5.74) is 1.14. The molecule has 18 heavy (non-hydrogen) atoms. The quantitative estimate of drug-likeness (QED) is 0.873. The van der Waals surface area contributed by atoms with Gasteiger partial charge in [-0.15, -0.1) is 0 Å². The zero-order valence-corrected chi connectivity index (χ0v) is 11.1. The number of ether oxygens (including phenoxy) is 3. The van der Waals surface area contributed by atoms with Crippen LogP contribution >= 0.6 is 0 Å². The fourth-order valence-corrected chi connectivity index (χ4v) is 2.05. The van der Waals surface area contributed by atoms with Crippen molar-refractivity contribution in [3.8, 4) is 17.2 Å². The molecule has 0 radical (unpaired) electrons. The standard InChI is InChI=1S/C14H20O4/c1-9(10(2)7-15)4-11-5-12(16-3)14-13(6-11)17-8-18-14/h5-6,9-10,15H,4,7-8H2,1-3H3. The molecule has 0 fully saturated rings. The monoisotopic (exact) mass is 252 g/mol. The molecular formula is C14H20O4. The van der Waals surface area contributed by atoms with Gasteiger partial charge in [0.25, 0.3) is 0 Å². The van der Waals surface area contributed by atoms with Gasteiger partial charge in [-0.05, 0) is 36.0 Å². The predicted octanol–water partition coefficient (Wildman–Crippen LogP) is 2.23. The highest BCUT2D eigenvalue weighted by atomic mass is 16.7. The summed E-state index contributed by atoms with van der Waals surface area (Å²) in [7, 11) is 1.63. The lowest BCUT2D eigenvalue weighted by Crippen LogP contribution is -2.14. The summed E-state index contributed by atoms with van der Waals surface area (Å²) in [6, 6.07) is 3.97. The van der Waals surface area contributed by atoms with Crippen molar-refractivity contribution in [2.75, 3.05) is 20.5 Å². The normalized spacial score (nSPS) is 16.4. The van der Waals surface area contributed by atoms with Crippen LogP contribution in [0.25, 0.3) is 0 Å². The smallest absolute Gasteiger partial charge is 0.231 e. The molecule has 2 rings (SSSR count). The fraction of sp³-hybridized carbons (Fsp3) is 0.571. The van der Waals surface area contributed by atoms with E-state index in [1.54, 1.807) is 7.11 Å². The molecule has 2 unspecified atom stereocenters. The largest absolute Gasteiger partial charge is 0.493 e. The molecule has 1 aromatic rings. The minimum Gasteiger partial charge on any atom is -0.493 e. The Morgan fingerprint density at radius 1 is 1.28 bits per heavy atom. The summed E-state index contributed by atoms with van der Waals surface area (Å²) >= 11 is 0. The SMILES string of the molecule is COc1cc(CC(C)C(C)CO)cc2c1OCO2. The third-order valence-corrected chi connectivity index (χ3v) is 3.54. The van der Waals surface area contributed by atoms with E-state index < -0.39 is 0 Å². The summed E-state index contributed by atoms with van der Waals surface area (Å²) in [6.45, 7) is 4.65. The molecule has 0 aliphatic carbocycles. The summed E-state index contributed by atoms with van der Waals surface area (Å²) in [5.74, 6) is 2.82. The van der Waals surface area contributed by atoms with Crippen LogP contribution in [0.1, 0.15) is 19.4 Å². The van der Waals surface area contributed by atoms with E-state index in [1.807, 2.05) is 12.1 Å². The van der Waals surface area contributed by atoms with Crippen molar-refractivity contribution in [2.45, 2.75) is 20.3 Å². The third-order valence-electron chi connectivity index (χ3n) is 3.54. The van der Waals surface area contributed by atoms with E-state index in [1.165, 1.54) is 0 Å². The number of rotatable bonds is 5. The lowest BCUT2D eigenvalue weighted by molar-refractivity contribution is 0.171. The molecule has 0 bridgehead atoms. The second-order valence-electron chi connectivity index (χ2n) is 4.87. The molecule has 4 heteroatoms. The highest BCUT2D eigenvalue weighted by Gasteiger charge is 2.21. The molecule has 0 aromatic heterocycles. The summed E-state index contributed by atoms with van der Waals surface area (Å²) in [5, 5.41) is 9.17.